The van der Waals surface area contributed by atoms with Gasteiger partial charge in [0.05, 0.1) is 5.39 Å². The molecule has 2 aromatic rings. The van der Waals surface area contributed by atoms with Crippen molar-refractivity contribution in [2.45, 2.75) is 6.92 Å². The van der Waals surface area contributed by atoms with E-state index in [1.807, 2.05) is 0 Å². The minimum atomic E-state index is -1.33. The summed E-state index contributed by atoms with van der Waals surface area (Å²) >= 11 is 0. The number of rotatable bonds is 1. The van der Waals surface area contributed by atoms with Crippen LogP contribution in [0.25, 0.3) is 10.8 Å². The van der Waals surface area contributed by atoms with E-state index in [4.69, 9.17) is 5.11 Å². The Morgan fingerprint density at radius 1 is 1.31 bits per heavy atom. The van der Waals surface area contributed by atoms with Gasteiger partial charge in [0.2, 0.25) is 5.76 Å². The van der Waals surface area contributed by atoms with Crippen molar-refractivity contribution >= 4 is 16.7 Å². The summed E-state index contributed by atoms with van der Waals surface area (Å²) in [6.45, 7) is 1.59. The van der Waals surface area contributed by atoms with Gasteiger partial charge < -0.3 is 9.52 Å². The normalized spacial score (nSPS) is 10.6. The molecular formula is C11H7FO4. The van der Waals surface area contributed by atoms with Crippen molar-refractivity contribution in [2.75, 3.05) is 0 Å². The highest BCUT2D eigenvalue weighted by Gasteiger charge is 2.12. The van der Waals surface area contributed by atoms with Gasteiger partial charge in [-0.25, -0.2) is 14.0 Å². The summed E-state index contributed by atoms with van der Waals surface area (Å²) in [4.78, 5) is 22.1. The summed E-state index contributed by atoms with van der Waals surface area (Å²) in [6, 6.07) is 3.47. The van der Waals surface area contributed by atoms with Crippen LogP contribution in [0.5, 0.6) is 0 Å². The molecule has 0 bridgehead atoms. The van der Waals surface area contributed by atoms with Crippen LogP contribution < -0.4 is 5.63 Å². The van der Waals surface area contributed by atoms with Crippen LogP contribution in [-0.2, 0) is 0 Å². The van der Waals surface area contributed by atoms with E-state index in [-0.39, 0.29) is 5.39 Å². The van der Waals surface area contributed by atoms with Gasteiger partial charge >= 0.3 is 11.6 Å². The van der Waals surface area contributed by atoms with Gasteiger partial charge in [0.15, 0.2) is 0 Å². The van der Waals surface area contributed by atoms with Crippen LogP contribution in [0.3, 0.4) is 0 Å². The first-order valence-electron chi connectivity index (χ1n) is 4.46. The average molecular weight is 222 g/mol. The molecular weight excluding hydrogens is 215 g/mol. The SMILES string of the molecule is Cc1cc(F)cc2c(=O)oc(C(=O)O)cc12. The van der Waals surface area contributed by atoms with Crippen molar-refractivity contribution in [2.24, 2.45) is 0 Å². The molecule has 1 aromatic carbocycles. The number of halogens is 1. The molecule has 0 saturated carbocycles. The lowest BCUT2D eigenvalue weighted by Crippen LogP contribution is -2.07. The lowest BCUT2D eigenvalue weighted by Gasteiger charge is -2.02. The van der Waals surface area contributed by atoms with Crippen LogP contribution in [0.2, 0.25) is 0 Å². The minimum absolute atomic E-state index is 0.0440. The van der Waals surface area contributed by atoms with E-state index in [2.05, 4.69) is 4.42 Å². The number of carboxylic acids is 1. The summed E-state index contributed by atoms with van der Waals surface area (Å²) in [7, 11) is 0. The van der Waals surface area contributed by atoms with Gasteiger partial charge in [-0.15, -0.1) is 0 Å². The molecule has 1 N–H and O–H groups in total. The lowest BCUT2D eigenvalue weighted by molar-refractivity contribution is 0.0658. The predicted octanol–water partition coefficient (Wildman–Crippen LogP) is 1.94. The third kappa shape index (κ3) is 1.56. The van der Waals surface area contributed by atoms with Crippen LogP contribution in [0.4, 0.5) is 4.39 Å². The number of hydrogen-bond donors (Lipinski definition) is 1. The molecule has 0 spiro atoms. The van der Waals surface area contributed by atoms with Crippen molar-refractivity contribution in [1.82, 2.24) is 0 Å². The Kier molecular flexibility index (Phi) is 2.23. The zero-order chi connectivity index (χ0) is 11.9. The van der Waals surface area contributed by atoms with E-state index in [9.17, 15) is 14.0 Å². The monoisotopic (exact) mass is 222 g/mol. The Hall–Kier alpha value is -2.17. The maximum absolute atomic E-state index is 13.0. The first-order valence-corrected chi connectivity index (χ1v) is 4.46. The Balaban J connectivity index is 2.93. The molecule has 0 fully saturated rings. The summed E-state index contributed by atoms with van der Waals surface area (Å²) < 4.78 is 17.6. The van der Waals surface area contributed by atoms with Gasteiger partial charge in [-0.05, 0) is 36.1 Å². The molecule has 82 valence electrons. The fourth-order valence-electron chi connectivity index (χ4n) is 1.54. The molecule has 0 aliphatic carbocycles. The Morgan fingerprint density at radius 3 is 2.62 bits per heavy atom. The third-order valence-electron chi connectivity index (χ3n) is 2.26. The van der Waals surface area contributed by atoms with E-state index in [0.717, 1.165) is 6.07 Å². The zero-order valence-corrected chi connectivity index (χ0v) is 8.28. The van der Waals surface area contributed by atoms with Crippen molar-refractivity contribution in [1.29, 1.82) is 0 Å². The second-order valence-corrected chi connectivity index (χ2v) is 3.39. The molecule has 5 heteroatoms. The summed E-state index contributed by atoms with van der Waals surface area (Å²) in [5.41, 5.74) is -0.358. The Labute approximate surface area is 88.9 Å². The topological polar surface area (TPSA) is 67.5 Å². The molecule has 1 heterocycles. The number of carboxylic acid groups (broad SMARTS) is 1. The van der Waals surface area contributed by atoms with E-state index >= 15 is 0 Å². The molecule has 1 aromatic heterocycles. The molecule has 16 heavy (non-hydrogen) atoms. The molecule has 0 amide bonds. The highest BCUT2D eigenvalue weighted by Crippen LogP contribution is 2.18. The van der Waals surface area contributed by atoms with Gasteiger partial charge in [0, 0.05) is 0 Å². The van der Waals surface area contributed by atoms with Crippen molar-refractivity contribution in [3.05, 3.63) is 45.8 Å². The van der Waals surface area contributed by atoms with Crippen LogP contribution in [0.1, 0.15) is 16.1 Å². The highest BCUT2D eigenvalue weighted by atomic mass is 19.1. The lowest BCUT2D eigenvalue weighted by atomic mass is 10.1. The Bertz CT molecular complexity index is 642. The van der Waals surface area contributed by atoms with Gasteiger partial charge in [-0.1, -0.05) is 0 Å². The van der Waals surface area contributed by atoms with E-state index < -0.39 is 23.2 Å². The van der Waals surface area contributed by atoms with E-state index in [1.165, 1.54) is 12.1 Å². The molecule has 0 aliphatic rings. The van der Waals surface area contributed by atoms with Gasteiger partial charge in [0.1, 0.15) is 5.82 Å². The van der Waals surface area contributed by atoms with Crippen molar-refractivity contribution < 1.29 is 18.7 Å². The van der Waals surface area contributed by atoms with Crippen LogP contribution in [0.15, 0.2) is 27.4 Å². The first-order chi connectivity index (χ1) is 7.49. The predicted molar refractivity (Wildman–Crippen MR) is 54.1 cm³/mol. The number of hydrogen-bond acceptors (Lipinski definition) is 3. The van der Waals surface area contributed by atoms with Crippen molar-refractivity contribution in [3.8, 4) is 0 Å². The smallest absolute Gasteiger partial charge is 0.371 e. The third-order valence-corrected chi connectivity index (χ3v) is 2.26. The molecule has 0 unspecified atom stereocenters. The van der Waals surface area contributed by atoms with Crippen LogP contribution >= 0.6 is 0 Å². The molecule has 4 nitrogen and oxygen atoms in total. The molecule has 0 atom stereocenters. The summed E-state index contributed by atoms with van der Waals surface area (Å²) in [6.07, 6.45) is 0. The van der Waals surface area contributed by atoms with E-state index in [1.54, 1.807) is 6.92 Å². The second kappa shape index (κ2) is 3.44. The fraction of sp³-hybridized carbons (Fsp3) is 0.0909. The molecule has 0 aliphatic heterocycles. The first kappa shape index (κ1) is 10.4. The number of aromatic carboxylic acids is 1. The molecule has 0 saturated heterocycles. The minimum Gasteiger partial charge on any atom is -0.475 e. The summed E-state index contributed by atoms with van der Waals surface area (Å²) in [5, 5.41) is 9.14. The quantitative estimate of drug-likeness (QED) is 0.800. The highest BCUT2D eigenvalue weighted by molar-refractivity contribution is 5.92. The molecule has 0 radical (unpaired) electrons. The van der Waals surface area contributed by atoms with Crippen molar-refractivity contribution in [3.63, 3.8) is 0 Å². The van der Waals surface area contributed by atoms with Gasteiger partial charge in [0.25, 0.3) is 0 Å². The van der Waals surface area contributed by atoms with Crippen LogP contribution in [0, 0.1) is 12.7 Å². The zero-order valence-electron chi connectivity index (χ0n) is 8.28. The number of carbonyl (C=O) groups is 1. The number of fused-ring (bicyclic) bond motifs is 1. The van der Waals surface area contributed by atoms with Gasteiger partial charge in [-0.2, -0.15) is 0 Å². The van der Waals surface area contributed by atoms with Crippen LogP contribution in [-0.4, -0.2) is 11.1 Å². The van der Waals surface area contributed by atoms with Gasteiger partial charge in [-0.3, -0.25) is 0 Å². The standard InChI is InChI=1S/C11H7FO4/c1-5-2-6(12)3-8-7(5)4-9(10(13)14)16-11(8)15/h2-4H,1H3,(H,13,14). The Morgan fingerprint density at radius 2 is 2.00 bits per heavy atom. The number of aryl methyl sites for hydroxylation is 1. The van der Waals surface area contributed by atoms with E-state index in [0.29, 0.717) is 10.9 Å². The maximum Gasteiger partial charge on any atom is 0.371 e. The second-order valence-electron chi connectivity index (χ2n) is 3.39. The number of benzene rings is 1. The fourth-order valence-corrected chi connectivity index (χ4v) is 1.54. The maximum atomic E-state index is 13.0. The average Bonchev–Trinajstić information content (AvgIpc) is 2.19. The largest absolute Gasteiger partial charge is 0.475 e. The summed E-state index contributed by atoms with van der Waals surface area (Å²) in [5.74, 6) is -2.34. The molecule has 2 rings (SSSR count).